The fraction of sp³-hybridized carbons (Fsp3) is 0.786. The molecular formula is C14H24N2S. The molecule has 1 saturated heterocycles. The van der Waals surface area contributed by atoms with Gasteiger partial charge in [0.25, 0.3) is 0 Å². The van der Waals surface area contributed by atoms with Crippen molar-refractivity contribution in [3.05, 3.63) is 12.7 Å². The molecule has 2 aliphatic rings. The van der Waals surface area contributed by atoms with Crippen LogP contribution in [0.25, 0.3) is 0 Å². The maximum Gasteiger partial charge on any atom is 0.169 e. The number of nitrogens with one attached hydrogen (secondary N) is 1. The van der Waals surface area contributed by atoms with E-state index in [4.69, 9.17) is 12.2 Å². The Hall–Kier alpha value is -0.570. The number of nitrogens with zero attached hydrogens (tertiary/aromatic N) is 1. The average Bonchev–Trinajstić information content (AvgIpc) is 2.44. The minimum atomic E-state index is 0.451. The predicted octanol–water partition coefficient (Wildman–Crippen LogP) is 2.95. The minimum Gasteiger partial charge on any atom is -0.359 e. The first-order valence-electron chi connectivity index (χ1n) is 6.51. The van der Waals surface area contributed by atoms with Gasteiger partial charge in [0.1, 0.15) is 0 Å². The molecule has 1 saturated carbocycles. The molecule has 0 aromatic carbocycles. The Morgan fingerprint density at radius 3 is 2.82 bits per heavy atom. The molecule has 3 heteroatoms. The van der Waals surface area contributed by atoms with Crippen LogP contribution in [-0.2, 0) is 0 Å². The molecule has 0 unspecified atom stereocenters. The first-order valence-corrected chi connectivity index (χ1v) is 6.91. The zero-order valence-electron chi connectivity index (χ0n) is 11.3. The molecule has 96 valence electrons. The van der Waals surface area contributed by atoms with Gasteiger partial charge in [-0.05, 0) is 42.3 Å². The molecule has 2 bridgehead atoms. The number of hydrogen-bond donors (Lipinski definition) is 1. The molecule has 0 radical (unpaired) electrons. The van der Waals surface area contributed by atoms with Gasteiger partial charge in [-0.25, -0.2) is 0 Å². The van der Waals surface area contributed by atoms with Gasteiger partial charge in [-0.15, -0.1) is 6.58 Å². The molecule has 1 aliphatic carbocycles. The molecule has 0 amide bonds. The standard InChI is InChI=1S/C14H24N2S/c1-5-6-15-12(17)16-10-14(4)8-11(16)7-13(2,3)9-14/h5,11H,1,6-10H2,2-4H3,(H,15,17)/t11-,14-/m1/s1. The lowest BCUT2D eigenvalue weighted by Crippen LogP contribution is -2.43. The highest BCUT2D eigenvalue weighted by atomic mass is 32.1. The molecule has 0 aromatic heterocycles. The molecular weight excluding hydrogens is 228 g/mol. The van der Waals surface area contributed by atoms with Crippen molar-refractivity contribution in [1.29, 1.82) is 0 Å². The largest absolute Gasteiger partial charge is 0.359 e. The van der Waals surface area contributed by atoms with Gasteiger partial charge in [-0.3, -0.25) is 0 Å². The van der Waals surface area contributed by atoms with E-state index in [2.05, 4.69) is 37.6 Å². The summed E-state index contributed by atoms with van der Waals surface area (Å²) in [6.07, 6.45) is 5.74. The Bertz CT molecular complexity index is 337. The zero-order chi connectivity index (χ0) is 12.7. The van der Waals surface area contributed by atoms with Gasteiger partial charge in [-0.1, -0.05) is 26.8 Å². The van der Waals surface area contributed by atoms with Crippen molar-refractivity contribution in [3.63, 3.8) is 0 Å². The fourth-order valence-electron chi connectivity index (χ4n) is 3.96. The van der Waals surface area contributed by atoms with E-state index in [1.165, 1.54) is 19.3 Å². The number of likely N-dealkylation sites (tertiary alicyclic amines) is 1. The quantitative estimate of drug-likeness (QED) is 0.601. The number of rotatable bonds is 2. The third kappa shape index (κ3) is 2.65. The van der Waals surface area contributed by atoms with Crippen molar-refractivity contribution in [3.8, 4) is 0 Å². The van der Waals surface area contributed by atoms with E-state index in [1.807, 2.05) is 6.08 Å². The van der Waals surface area contributed by atoms with Gasteiger partial charge >= 0.3 is 0 Å². The second-order valence-corrected chi connectivity index (χ2v) is 7.20. The summed E-state index contributed by atoms with van der Waals surface area (Å²) in [7, 11) is 0. The van der Waals surface area contributed by atoms with Crippen LogP contribution in [0.2, 0.25) is 0 Å². The molecule has 1 heterocycles. The van der Waals surface area contributed by atoms with Crippen LogP contribution in [0.15, 0.2) is 12.7 Å². The summed E-state index contributed by atoms with van der Waals surface area (Å²) in [6, 6.07) is 0.633. The lowest BCUT2D eigenvalue weighted by molar-refractivity contribution is 0.132. The van der Waals surface area contributed by atoms with Crippen LogP contribution in [0.3, 0.4) is 0 Å². The monoisotopic (exact) mass is 252 g/mol. The van der Waals surface area contributed by atoms with E-state index in [9.17, 15) is 0 Å². The van der Waals surface area contributed by atoms with Gasteiger partial charge in [0.2, 0.25) is 0 Å². The SMILES string of the molecule is C=CCNC(=S)N1C[C@]2(C)C[C@H]1CC(C)(C)C2. The van der Waals surface area contributed by atoms with Crippen molar-refractivity contribution in [2.24, 2.45) is 10.8 Å². The van der Waals surface area contributed by atoms with Gasteiger partial charge < -0.3 is 10.2 Å². The second kappa shape index (κ2) is 4.27. The maximum atomic E-state index is 5.49. The van der Waals surface area contributed by atoms with Crippen LogP contribution in [0.5, 0.6) is 0 Å². The molecule has 0 aromatic rings. The molecule has 1 aliphatic heterocycles. The third-order valence-corrected chi connectivity index (χ3v) is 4.45. The highest BCUT2D eigenvalue weighted by molar-refractivity contribution is 7.80. The minimum absolute atomic E-state index is 0.451. The van der Waals surface area contributed by atoms with E-state index in [0.717, 1.165) is 18.2 Å². The summed E-state index contributed by atoms with van der Waals surface area (Å²) < 4.78 is 0. The summed E-state index contributed by atoms with van der Waals surface area (Å²) >= 11 is 5.49. The van der Waals surface area contributed by atoms with Gasteiger partial charge in [0.15, 0.2) is 5.11 Å². The Morgan fingerprint density at radius 1 is 1.47 bits per heavy atom. The van der Waals surface area contributed by atoms with E-state index < -0.39 is 0 Å². The Kier molecular flexibility index (Phi) is 3.23. The summed E-state index contributed by atoms with van der Waals surface area (Å²) in [4.78, 5) is 2.41. The normalized spacial score (nSPS) is 34.5. The van der Waals surface area contributed by atoms with Gasteiger partial charge in [0.05, 0.1) is 0 Å². The van der Waals surface area contributed by atoms with Crippen molar-refractivity contribution in [1.82, 2.24) is 10.2 Å². The second-order valence-electron chi connectivity index (χ2n) is 6.82. The van der Waals surface area contributed by atoms with Crippen molar-refractivity contribution >= 4 is 17.3 Å². The van der Waals surface area contributed by atoms with Crippen LogP contribution < -0.4 is 5.32 Å². The fourth-order valence-corrected chi connectivity index (χ4v) is 4.26. The summed E-state index contributed by atoms with van der Waals surface area (Å²) in [6.45, 7) is 12.8. The Balaban J connectivity index is 2.08. The Morgan fingerprint density at radius 2 is 2.18 bits per heavy atom. The first-order chi connectivity index (χ1) is 7.85. The molecule has 2 rings (SSSR count). The van der Waals surface area contributed by atoms with Crippen molar-refractivity contribution in [2.75, 3.05) is 13.1 Å². The molecule has 2 atom stereocenters. The van der Waals surface area contributed by atoms with Crippen molar-refractivity contribution in [2.45, 2.75) is 46.1 Å². The number of hydrogen-bond acceptors (Lipinski definition) is 1. The molecule has 1 N–H and O–H groups in total. The lowest BCUT2D eigenvalue weighted by atomic mass is 9.65. The van der Waals surface area contributed by atoms with Crippen LogP contribution in [0.4, 0.5) is 0 Å². The first kappa shape index (κ1) is 12.9. The lowest BCUT2D eigenvalue weighted by Gasteiger charge is -2.39. The molecule has 0 spiro atoms. The van der Waals surface area contributed by atoms with E-state index in [0.29, 0.717) is 16.9 Å². The Labute approximate surface area is 110 Å². The van der Waals surface area contributed by atoms with Crippen LogP contribution in [0.1, 0.15) is 40.0 Å². The number of thiocarbonyl (C=S) groups is 1. The summed E-state index contributed by atoms with van der Waals surface area (Å²) in [5, 5.41) is 4.18. The number of fused-ring (bicyclic) bond motifs is 2. The third-order valence-electron chi connectivity index (χ3n) is 4.07. The van der Waals surface area contributed by atoms with Crippen LogP contribution in [0, 0.1) is 10.8 Å². The summed E-state index contributed by atoms with van der Waals surface area (Å²) in [5.41, 5.74) is 0.910. The van der Waals surface area contributed by atoms with E-state index in [-0.39, 0.29) is 0 Å². The van der Waals surface area contributed by atoms with Crippen molar-refractivity contribution < 1.29 is 0 Å². The smallest absolute Gasteiger partial charge is 0.169 e. The van der Waals surface area contributed by atoms with Gasteiger partial charge in [-0.2, -0.15) is 0 Å². The zero-order valence-corrected chi connectivity index (χ0v) is 12.1. The van der Waals surface area contributed by atoms with E-state index in [1.54, 1.807) is 0 Å². The highest BCUT2D eigenvalue weighted by Crippen LogP contribution is 2.52. The topological polar surface area (TPSA) is 15.3 Å². The van der Waals surface area contributed by atoms with Crippen LogP contribution in [-0.4, -0.2) is 29.1 Å². The molecule has 17 heavy (non-hydrogen) atoms. The molecule has 2 nitrogen and oxygen atoms in total. The average molecular weight is 252 g/mol. The van der Waals surface area contributed by atoms with Gasteiger partial charge in [0, 0.05) is 19.1 Å². The predicted molar refractivity (Wildman–Crippen MR) is 77.0 cm³/mol. The highest BCUT2D eigenvalue weighted by Gasteiger charge is 2.50. The molecule has 2 fully saturated rings. The summed E-state index contributed by atoms with van der Waals surface area (Å²) in [5.74, 6) is 0. The van der Waals surface area contributed by atoms with Crippen LogP contribution >= 0.6 is 12.2 Å². The van der Waals surface area contributed by atoms with E-state index >= 15 is 0 Å². The maximum absolute atomic E-state index is 5.49.